The molecule has 0 amide bonds. The lowest BCUT2D eigenvalue weighted by Gasteiger charge is -2.10. The van der Waals surface area contributed by atoms with Gasteiger partial charge in [-0.1, -0.05) is 12.1 Å². The zero-order valence-electron chi connectivity index (χ0n) is 12.4. The van der Waals surface area contributed by atoms with E-state index in [4.69, 9.17) is 0 Å². The molecular weight excluding hydrogens is 308 g/mol. The predicted molar refractivity (Wildman–Crippen MR) is 88.1 cm³/mol. The van der Waals surface area contributed by atoms with Crippen molar-refractivity contribution in [1.29, 1.82) is 0 Å². The van der Waals surface area contributed by atoms with E-state index < -0.39 is 5.95 Å². The second-order valence-corrected chi connectivity index (χ2v) is 5.28. The number of rotatable bonds is 2. The lowest BCUT2D eigenvalue weighted by atomic mass is 10.0. The summed E-state index contributed by atoms with van der Waals surface area (Å²) in [6.45, 7) is 0. The van der Waals surface area contributed by atoms with Gasteiger partial charge in [0, 0.05) is 23.4 Å². The highest BCUT2D eigenvalue weighted by Gasteiger charge is 2.14. The van der Waals surface area contributed by atoms with Gasteiger partial charge in [0.25, 0.3) is 0 Å². The van der Waals surface area contributed by atoms with Crippen molar-refractivity contribution in [2.75, 3.05) is 0 Å². The van der Waals surface area contributed by atoms with Crippen molar-refractivity contribution in [2.24, 2.45) is 0 Å². The summed E-state index contributed by atoms with van der Waals surface area (Å²) < 4.78 is 26.8. The van der Waals surface area contributed by atoms with Gasteiger partial charge in [-0.2, -0.15) is 4.39 Å². The summed E-state index contributed by atoms with van der Waals surface area (Å²) in [5.41, 5.74) is 3.80. The maximum absolute atomic E-state index is 13.5. The van der Waals surface area contributed by atoms with Crippen LogP contribution in [0.3, 0.4) is 0 Å². The summed E-state index contributed by atoms with van der Waals surface area (Å²) in [4.78, 5) is 12.9. The van der Waals surface area contributed by atoms with E-state index in [0.29, 0.717) is 28.0 Å². The zero-order valence-corrected chi connectivity index (χ0v) is 12.4. The van der Waals surface area contributed by atoms with Crippen molar-refractivity contribution in [1.82, 2.24) is 15.0 Å². The van der Waals surface area contributed by atoms with Crippen molar-refractivity contribution >= 4 is 11.0 Å². The highest BCUT2D eigenvalue weighted by Crippen LogP contribution is 2.31. The van der Waals surface area contributed by atoms with Crippen LogP contribution >= 0.6 is 0 Å². The summed E-state index contributed by atoms with van der Waals surface area (Å²) in [6.07, 6.45) is 1.38. The summed E-state index contributed by atoms with van der Waals surface area (Å²) in [7, 11) is 0. The van der Waals surface area contributed by atoms with Crippen molar-refractivity contribution < 1.29 is 8.78 Å². The molecule has 2 aromatic heterocycles. The molecule has 0 unspecified atom stereocenters. The summed E-state index contributed by atoms with van der Waals surface area (Å²) in [5, 5.41) is 0. The van der Waals surface area contributed by atoms with Crippen LogP contribution in [0.2, 0.25) is 0 Å². The third-order valence-electron chi connectivity index (χ3n) is 3.69. The molecule has 3 nitrogen and oxygen atoms in total. The van der Waals surface area contributed by atoms with E-state index in [0.717, 1.165) is 5.52 Å². The minimum Gasteiger partial charge on any atom is -0.244 e. The van der Waals surface area contributed by atoms with Gasteiger partial charge in [0.1, 0.15) is 5.82 Å². The molecule has 4 aromatic rings. The minimum absolute atomic E-state index is 0.330. The molecule has 0 radical (unpaired) electrons. The maximum atomic E-state index is 13.5. The van der Waals surface area contributed by atoms with Crippen LogP contribution in [0.4, 0.5) is 8.78 Å². The second kappa shape index (κ2) is 5.77. The monoisotopic (exact) mass is 319 g/mol. The van der Waals surface area contributed by atoms with Gasteiger partial charge in [0.2, 0.25) is 5.95 Å². The molecule has 0 saturated heterocycles. The molecule has 0 fully saturated rings. The van der Waals surface area contributed by atoms with Gasteiger partial charge in [0.05, 0.1) is 22.4 Å². The van der Waals surface area contributed by atoms with Crippen molar-refractivity contribution in [3.05, 3.63) is 78.6 Å². The molecule has 24 heavy (non-hydrogen) atoms. The Labute approximate surface area is 136 Å². The Bertz CT molecular complexity index is 1030. The Kier molecular flexibility index (Phi) is 3.46. The molecule has 0 atom stereocenters. The number of hydrogen-bond acceptors (Lipinski definition) is 3. The Morgan fingerprint density at radius 1 is 0.667 bits per heavy atom. The first-order chi connectivity index (χ1) is 11.7. The van der Waals surface area contributed by atoms with Gasteiger partial charge in [-0.15, -0.1) is 0 Å². The smallest absolute Gasteiger partial charge is 0.213 e. The fourth-order valence-electron chi connectivity index (χ4n) is 2.56. The van der Waals surface area contributed by atoms with Crippen LogP contribution in [0, 0.1) is 11.8 Å². The van der Waals surface area contributed by atoms with Gasteiger partial charge < -0.3 is 0 Å². The quantitative estimate of drug-likeness (QED) is 0.505. The molecule has 2 heterocycles. The molecule has 0 N–H and O–H groups in total. The maximum Gasteiger partial charge on any atom is 0.213 e. The number of hydrogen-bond donors (Lipinski definition) is 0. The lowest BCUT2D eigenvalue weighted by Crippen LogP contribution is -1.96. The first-order valence-corrected chi connectivity index (χ1v) is 7.35. The largest absolute Gasteiger partial charge is 0.244 e. The van der Waals surface area contributed by atoms with E-state index >= 15 is 0 Å². The molecule has 0 aliphatic heterocycles. The van der Waals surface area contributed by atoms with E-state index in [1.807, 2.05) is 24.3 Å². The molecule has 116 valence electrons. The normalized spacial score (nSPS) is 10.9. The third kappa shape index (κ3) is 2.60. The van der Waals surface area contributed by atoms with Crippen LogP contribution in [0.15, 0.2) is 66.9 Å². The van der Waals surface area contributed by atoms with E-state index in [1.54, 1.807) is 18.2 Å². The molecule has 4 rings (SSSR count). The third-order valence-corrected chi connectivity index (χ3v) is 3.69. The van der Waals surface area contributed by atoms with Crippen LogP contribution in [0.25, 0.3) is 33.5 Å². The SMILES string of the molecule is Fc1ccc(-c2nc3ccccc3nc2-c2ccnc(F)c2)cc1. The van der Waals surface area contributed by atoms with E-state index in [1.165, 1.54) is 24.4 Å². The van der Waals surface area contributed by atoms with E-state index in [9.17, 15) is 8.78 Å². The molecule has 0 saturated carbocycles. The Balaban J connectivity index is 2.02. The standard InChI is InChI=1S/C19H11F2N3/c20-14-7-5-12(6-8-14)18-19(13-9-10-22-17(21)11-13)24-16-4-2-1-3-15(16)23-18/h1-11H. The predicted octanol–water partition coefficient (Wildman–Crippen LogP) is 4.64. The van der Waals surface area contributed by atoms with Gasteiger partial charge >= 0.3 is 0 Å². The number of fused-ring (bicyclic) bond motifs is 1. The number of para-hydroxylation sites is 2. The van der Waals surface area contributed by atoms with Gasteiger partial charge in [0.15, 0.2) is 0 Å². The highest BCUT2D eigenvalue weighted by molar-refractivity contribution is 5.86. The molecule has 0 spiro atoms. The van der Waals surface area contributed by atoms with Crippen molar-refractivity contribution in [2.45, 2.75) is 0 Å². The minimum atomic E-state index is -0.590. The first-order valence-electron chi connectivity index (χ1n) is 7.35. The van der Waals surface area contributed by atoms with Crippen LogP contribution < -0.4 is 0 Å². The Morgan fingerprint density at radius 2 is 1.29 bits per heavy atom. The highest BCUT2D eigenvalue weighted by atomic mass is 19.1. The topological polar surface area (TPSA) is 38.7 Å². The van der Waals surface area contributed by atoms with Crippen LogP contribution in [0.1, 0.15) is 0 Å². The average Bonchev–Trinajstić information content (AvgIpc) is 2.61. The number of nitrogens with zero attached hydrogens (tertiary/aromatic N) is 3. The van der Waals surface area contributed by atoms with E-state index in [-0.39, 0.29) is 5.82 Å². The first kappa shape index (κ1) is 14.4. The van der Waals surface area contributed by atoms with Crippen LogP contribution in [0.5, 0.6) is 0 Å². The zero-order chi connectivity index (χ0) is 16.5. The fraction of sp³-hybridized carbons (Fsp3) is 0. The number of pyridine rings is 1. The molecular formula is C19H11F2N3. The number of halogens is 2. The molecule has 0 aliphatic rings. The molecule has 0 bridgehead atoms. The van der Waals surface area contributed by atoms with Crippen LogP contribution in [-0.4, -0.2) is 15.0 Å². The Hall–Kier alpha value is -3.21. The summed E-state index contributed by atoms with van der Waals surface area (Å²) >= 11 is 0. The Morgan fingerprint density at radius 3 is 1.92 bits per heavy atom. The van der Waals surface area contributed by atoms with Gasteiger partial charge in [-0.3, -0.25) is 0 Å². The van der Waals surface area contributed by atoms with Gasteiger partial charge in [-0.25, -0.2) is 19.3 Å². The van der Waals surface area contributed by atoms with Crippen molar-refractivity contribution in [3.8, 4) is 22.5 Å². The number of aromatic nitrogens is 3. The van der Waals surface area contributed by atoms with Crippen molar-refractivity contribution in [3.63, 3.8) is 0 Å². The average molecular weight is 319 g/mol. The van der Waals surface area contributed by atoms with Crippen LogP contribution in [-0.2, 0) is 0 Å². The fourth-order valence-corrected chi connectivity index (χ4v) is 2.56. The molecule has 2 aromatic carbocycles. The molecule has 5 heteroatoms. The lowest BCUT2D eigenvalue weighted by molar-refractivity contribution is 0.584. The summed E-state index contributed by atoms with van der Waals surface area (Å²) in [5.74, 6) is -0.920. The summed E-state index contributed by atoms with van der Waals surface area (Å²) in [6, 6.07) is 16.4. The van der Waals surface area contributed by atoms with E-state index in [2.05, 4.69) is 15.0 Å². The number of benzene rings is 2. The van der Waals surface area contributed by atoms with Gasteiger partial charge in [-0.05, 0) is 42.5 Å². The second-order valence-electron chi connectivity index (χ2n) is 5.28. The molecule has 0 aliphatic carbocycles.